The molecule has 1 aromatic carbocycles. The minimum atomic E-state index is -0.290. The van der Waals surface area contributed by atoms with Gasteiger partial charge in [0.25, 0.3) is 5.91 Å². The molecule has 1 aliphatic carbocycles. The van der Waals surface area contributed by atoms with Gasteiger partial charge in [0, 0.05) is 18.0 Å². The molecule has 2 atom stereocenters. The van der Waals surface area contributed by atoms with Gasteiger partial charge in [0.15, 0.2) is 0 Å². The minimum Gasteiger partial charge on any atom is -0.377 e. The molecule has 0 bridgehead atoms. The van der Waals surface area contributed by atoms with Crippen LogP contribution in [0, 0.1) is 17.2 Å². The number of carbonyl (C=O) groups excluding carboxylic acids is 1. The van der Waals surface area contributed by atoms with E-state index in [0.717, 1.165) is 19.3 Å². The molecule has 132 valence electrons. The predicted octanol–water partition coefficient (Wildman–Crippen LogP) is 2.77. The Morgan fingerprint density at radius 1 is 1.48 bits per heavy atom. The number of benzene rings is 1. The summed E-state index contributed by atoms with van der Waals surface area (Å²) in [6, 6.07) is 8.90. The van der Waals surface area contributed by atoms with Crippen LogP contribution in [-0.4, -0.2) is 49.3 Å². The van der Waals surface area contributed by atoms with Crippen molar-refractivity contribution in [3.63, 3.8) is 0 Å². The van der Waals surface area contributed by atoms with Gasteiger partial charge in [0.1, 0.15) is 0 Å². The van der Waals surface area contributed by atoms with E-state index in [1.54, 1.807) is 30.3 Å². The fourth-order valence-electron chi connectivity index (χ4n) is 3.89. The van der Waals surface area contributed by atoms with Crippen LogP contribution >= 0.6 is 0 Å². The van der Waals surface area contributed by atoms with E-state index in [4.69, 9.17) is 14.7 Å². The third-order valence-electron chi connectivity index (χ3n) is 5.21. The molecule has 1 aliphatic heterocycles. The van der Waals surface area contributed by atoms with Crippen LogP contribution < -0.4 is 0 Å². The van der Waals surface area contributed by atoms with Crippen molar-refractivity contribution in [2.45, 2.75) is 24.9 Å². The normalized spacial score (nSPS) is 25.7. The Morgan fingerprint density at radius 2 is 2.28 bits per heavy atom. The molecule has 0 radical (unpaired) electrons. The number of nitriles is 1. The van der Waals surface area contributed by atoms with Gasteiger partial charge in [-0.1, -0.05) is 12.5 Å². The molecule has 1 amide bonds. The van der Waals surface area contributed by atoms with Gasteiger partial charge in [0.05, 0.1) is 43.6 Å². The summed E-state index contributed by atoms with van der Waals surface area (Å²) < 4.78 is 11.8. The lowest BCUT2D eigenvalue weighted by Gasteiger charge is -2.44. The van der Waals surface area contributed by atoms with E-state index in [2.05, 4.69) is 12.6 Å². The fraction of sp³-hybridized carbons (Fsp3) is 0.500. The molecule has 0 aromatic heterocycles. The third-order valence-corrected chi connectivity index (χ3v) is 5.21. The molecule has 25 heavy (non-hydrogen) atoms. The highest BCUT2D eigenvalue weighted by atomic mass is 16.5. The quantitative estimate of drug-likeness (QED) is 0.611. The number of rotatable bonds is 5. The lowest BCUT2D eigenvalue weighted by Crippen LogP contribution is -2.56. The molecule has 1 spiro atoms. The zero-order valence-corrected chi connectivity index (χ0v) is 14.4. The number of amides is 1. The first-order valence-corrected chi connectivity index (χ1v) is 8.80. The van der Waals surface area contributed by atoms with E-state index in [9.17, 15) is 4.79 Å². The molecule has 1 saturated heterocycles. The molecule has 0 unspecified atom stereocenters. The maximum absolute atomic E-state index is 12.8. The van der Waals surface area contributed by atoms with Crippen LogP contribution in [0.15, 0.2) is 36.9 Å². The summed E-state index contributed by atoms with van der Waals surface area (Å²) >= 11 is 0. The summed E-state index contributed by atoms with van der Waals surface area (Å²) in [4.78, 5) is 14.7. The van der Waals surface area contributed by atoms with Crippen LogP contribution in [0.25, 0.3) is 0 Å². The van der Waals surface area contributed by atoms with Crippen LogP contribution in [0.5, 0.6) is 0 Å². The maximum atomic E-state index is 12.8. The van der Waals surface area contributed by atoms with Gasteiger partial charge in [-0.3, -0.25) is 4.79 Å². The Kier molecular flexibility index (Phi) is 5.52. The minimum absolute atomic E-state index is 0.00447. The Balaban J connectivity index is 1.70. The summed E-state index contributed by atoms with van der Waals surface area (Å²) in [6.07, 6.45) is 4.88. The lowest BCUT2D eigenvalue weighted by molar-refractivity contribution is -0.132. The highest BCUT2D eigenvalue weighted by Gasteiger charge is 2.47. The Morgan fingerprint density at radius 3 is 3.00 bits per heavy atom. The van der Waals surface area contributed by atoms with Crippen LogP contribution in [0.4, 0.5) is 0 Å². The highest BCUT2D eigenvalue weighted by molar-refractivity contribution is 5.94. The molecular formula is C20H24N2O3. The van der Waals surface area contributed by atoms with Gasteiger partial charge in [-0.15, -0.1) is 6.58 Å². The van der Waals surface area contributed by atoms with Gasteiger partial charge in [-0.2, -0.15) is 5.26 Å². The molecule has 2 fully saturated rings. The van der Waals surface area contributed by atoms with Crippen molar-refractivity contribution in [1.29, 1.82) is 5.26 Å². The zero-order chi connectivity index (χ0) is 17.7. The van der Waals surface area contributed by atoms with Gasteiger partial charge in [-0.25, -0.2) is 0 Å². The van der Waals surface area contributed by atoms with Gasteiger partial charge in [0.2, 0.25) is 0 Å². The van der Waals surface area contributed by atoms with Crippen molar-refractivity contribution >= 4 is 5.91 Å². The maximum Gasteiger partial charge on any atom is 0.254 e. The van der Waals surface area contributed by atoms with Crippen molar-refractivity contribution < 1.29 is 14.3 Å². The van der Waals surface area contributed by atoms with E-state index < -0.39 is 0 Å². The first-order valence-electron chi connectivity index (χ1n) is 8.80. The van der Waals surface area contributed by atoms with Crippen molar-refractivity contribution in [1.82, 2.24) is 4.90 Å². The SMILES string of the molecule is C=CCOC[C@H]1CCC[C@]12CN(C(=O)c1ccc(C#N)cc1)CCO2. The zero-order valence-electron chi connectivity index (χ0n) is 14.4. The largest absolute Gasteiger partial charge is 0.377 e. The average molecular weight is 340 g/mol. The van der Waals surface area contributed by atoms with Crippen molar-refractivity contribution in [3.05, 3.63) is 48.0 Å². The topological polar surface area (TPSA) is 62.6 Å². The fourth-order valence-corrected chi connectivity index (χ4v) is 3.89. The Hall–Kier alpha value is -2.16. The van der Waals surface area contributed by atoms with Crippen LogP contribution in [0.3, 0.4) is 0 Å². The second kappa shape index (κ2) is 7.81. The second-order valence-corrected chi connectivity index (χ2v) is 6.74. The van der Waals surface area contributed by atoms with Crippen molar-refractivity contribution in [2.24, 2.45) is 5.92 Å². The van der Waals surface area contributed by atoms with Crippen LogP contribution in [0.2, 0.25) is 0 Å². The lowest BCUT2D eigenvalue weighted by atomic mass is 9.89. The van der Waals surface area contributed by atoms with E-state index in [-0.39, 0.29) is 11.5 Å². The standard InChI is InChI=1S/C20H24N2O3/c1-2-11-24-14-18-4-3-9-20(18)15-22(10-12-25-20)19(23)17-7-5-16(13-21)6-8-17/h2,5-8,18H,1,3-4,9-12,14-15H2/t18-,20+/m1/s1. The highest BCUT2D eigenvalue weighted by Crippen LogP contribution is 2.41. The molecule has 2 aliphatic rings. The molecule has 0 N–H and O–H groups in total. The second-order valence-electron chi connectivity index (χ2n) is 6.74. The summed E-state index contributed by atoms with van der Waals surface area (Å²) in [5.41, 5.74) is 0.889. The first kappa shape index (κ1) is 17.7. The van der Waals surface area contributed by atoms with E-state index >= 15 is 0 Å². The van der Waals surface area contributed by atoms with Gasteiger partial charge >= 0.3 is 0 Å². The van der Waals surface area contributed by atoms with Gasteiger partial charge in [-0.05, 0) is 37.1 Å². The summed E-state index contributed by atoms with van der Waals surface area (Å²) in [6.45, 7) is 6.63. The van der Waals surface area contributed by atoms with Crippen LogP contribution in [-0.2, 0) is 9.47 Å². The summed E-state index contributed by atoms with van der Waals surface area (Å²) in [7, 11) is 0. The number of hydrogen-bond donors (Lipinski definition) is 0. The summed E-state index contributed by atoms with van der Waals surface area (Å²) in [5, 5.41) is 8.89. The predicted molar refractivity (Wildman–Crippen MR) is 94.1 cm³/mol. The Bertz CT molecular complexity index is 665. The third kappa shape index (κ3) is 3.76. The number of ether oxygens (including phenoxy) is 2. The molecule has 5 nitrogen and oxygen atoms in total. The molecular weight excluding hydrogens is 316 g/mol. The van der Waals surface area contributed by atoms with E-state index in [1.165, 1.54) is 0 Å². The molecule has 1 aromatic rings. The molecule has 3 rings (SSSR count). The van der Waals surface area contributed by atoms with Crippen molar-refractivity contribution in [2.75, 3.05) is 32.9 Å². The molecule has 5 heteroatoms. The van der Waals surface area contributed by atoms with E-state index in [1.807, 2.05) is 4.90 Å². The van der Waals surface area contributed by atoms with E-state index in [0.29, 0.717) is 50.0 Å². The summed E-state index contributed by atoms with van der Waals surface area (Å²) in [5.74, 6) is 0.314. The number of hydrogen-bond acceptors (Lipinski definition) is 4. The smallest absolute Gasteiger partial charge is 0.254 e. The molecule has 1 heterocycles. The number of morpholine rings is 1. The number of nitrogens with zero attached hydrogens (tertiary/aromatic N) is 2. The Labute approximate surface area is 148 Å². The molecule has 1 saturated carbocycles. The van der Waals surface area contributed by atoms with Gasteiger partial charge < -0.3 is 14.4 Å². The first-order chi connectivity index (χ1) is 12.2. The number of carbonyl (C=O) groups is 1. The monoisotopic (exact) mass is 340 g/mol. The average Bonchev–Trinajstić information content (AvgIpc) is 3.03. The van der Waals surface area contributed by atoms with Crippen molar-refractivity contribution in [3.8, 4) is 6.07 Å². The van der Waals surface area contributed by atoms with Crippen LogP contribution in [0.1, 0.15) is 35.2 Å².